The summed E-state index contributed by atoms with van der Waals surface area (Å²) < 4.78 is 26.7. The van der Waals surface area contributed by atoms with Gasteiger partial charge in [-0.25, -0.2) is 8.42 Å². The standard InChI is InChI=1S/C16H18ClNO2S/c1-12-8-9-16(13(2)10-12)21(19,20)18(3)11-14-6-4-5-7-15(14)17/h4-10H,11H2,1-3H3. The molecule has 0 saturated carbocycles. The van der Waals surface area contributed by atoms with Crippen LogP contribution in [0.1, 0.15) is 16.7 Å². The zero-order valence-electron chi connectivity index (χ0n) is 12.3. The van der Waals surface area contributed by atoms with Gasteiger partial charge >= 0.3 is 0 Å². The molecule has 0 atom stereocenters. The molecule has 3 nitrogen and oxygen atoms in total. The van der Waals surface area contributed by atoms with Crippen LogP contribution in [0.25, 0.3) is 0 Å². The lowest BCUT2D eigenvalue weighted by molar-refractivity contribution is 0.466. The maximum absolute atomic E-state index is 12.7. The van der Waals surface area contributed by atoms with Gasteiger partial charge in [-0.2, -0.15) is 4.31 Å². The van der Waals surface area contributed by atoms with Crippen molar-refractivity contribution in [3.8, 4) is 0 Å². The average molecular weight is 324 g/mol. The molecule has 5 heteroatoms. The fourth-order valence-electron chi connectivity index (χ4n) is 2.21. The summed E-state index contributed by atoms with van der Waals surface area (Å²) in [5.41, 5.74) is 2.58. The lowest BCUT2D eigenvalue weighted by atomic mass is 10.2. The van der Waals surface area contributed by atoms with Crippen LogP contribution >= 0.6 is 11.6 Å². The summed E-state index contributed by atoms with van der Waals surface area (Å²) in [5, 5.41) is 0.570. The maximum atomic E-state index is 12.7. The minimum atomic E-state index is -3.53. The predicted octanol–water partition coefficient (Wildman–Crippen LogP) is 3.78. The van der Waals surface area contributed by atoms with Crippen LogP contribution in [-0.2, 0) is 16.6 Å². The Kier molecular flexibility index (Phi) is 4.71. The van der Waals surface area contributed by atoms with Gasteiger partial charge in [0.15, 0.2) is 0 Å². The molecule has 112 valence electrons. The van der Waals surface area contributed by atoms with Gasteiger partial charge in [0.25, 0.3) is 0 Å². The largest absolute Gasteiger partial charge is 0.243 e. The van der Waals surface area contributed by atoms with E-state index in [1.807, 2.05) is 44.2 Å². The Labute approximate surface area is 131 Å². The van der Waals surface area contributed by atoms with Gasteiger partial charge in [0, 0.05) is 18.6 Å². The van der Waals surface area contributed by atoms with Gasteiger partial charge in [-0.15, -0.1) is 0 Å². The van der Waals surface area contributed by atoms with E-state index >= 15 is 0 Å². The molecule has 21 heavy (non-hydrogen) atoms. The second kappa shape index (κ2) is 6.18. The highest BCUT2D eigenvalue weighted by atomic mass is 35.5. The van der Waals surface area contributed by atoms with Crippen LogP contribution in [0.2, 0.25) is 5.02 Å². The highest BCUT2D eigenvalue weighted by molar-refractivity contribution is 7.89. The Hall–Kier alpha value is -1.36. The molecule has 0 aliphatic carbocycles. The van der Waals surface area contributed by atoms with Crippen molar-refractivity contribution in [3.63, 3.8) is 0 Å². The third-order valence-corrected chi connectivity index (χ3v) is 5.70. The molecule has 0 heterocycles. The minimum Gasteiger partial charge on any atom is -0.207 e. The van der Waals surface area contributed by atoms with E-state index in [0.717, 1.165) is 16.7 Å². The normalized spacial score (nSPS) is 11.9. The fourth-order valence-corrected chi connectivity index (χ4v) is 3.75. The van der Waals surface area contributed by atoms with Crippen LogP contribution < -0.4 is 0 Å². The highest BCUT2D eigenvalue weighted by Crippen LogP contribution is 2.23. The van der Waals surface area contributed by atoms with E-state index in [0.29, 0.717) is 9.92 Å². The van der Waals surface area contributed by atoms with E-state index in [1.54, 1.807) is 19.2 Å². The van der Waals surface area contributed by atoms with E-state index in [1.165, 1.54) is 4.31 Å². The summed E-state index contributed by atoms with van der Waals surface area (Å²) in [6.45, 7) is 4.00. The van der Waals surface area contributed by atoms with E-state index in [9.17, 15) is 8.42 Å². The van der Waals surface area contributed by atoms with Gasteiger partial charge in [0.2, 0.25) is 10.0 Å². The molecule has 0 N–H and O–H groups in total. The molecule has 0 unspecified atom stereocenters. The van der Waals surface area contributed by atoms with Crippen molar-refractivity contribution in [2.75, 3.05) is 7.05 Å². The lowest BCUT2D eigenvalue weighted by Gasteiger charge is -2.19. The molecule has 0 radical (unpaired) electrons. The number of hydrogen-bond acceptors (Lipinski definition) is 2. The Balaban J connectivity index is 2.33. The van der Waals surface area contributed by atoms with E-state index in [-0.39, 0.29) is 6.54 Å². The molecule has 0 aliphatic rings. The van der Waals surface area contributed by atoms with Crippen LogP contribution in [0.3, 0.4) is 0 Å². The van der Waals surface area contributed by atoms with Gasteiger partial charge in [0.1, 0.15) is 0 Å². The second-order valence-corrected chi connectivity index (χ2v) is 7.54. The third kappa shape index (κ3) is 3.46. The minimum absolute atomic E-state index is 0.245. The molecule has 0 saturated heterocycles. The summed E-state index contributed by atoms with van der Waals surface area (Å²) in [5.74, 6) is 0. The molecule has 0 aliphatic heterocycles. The summed E-state index contributed by atoms with van der Waals surface area (Å²) >= 11 is 6.09. The number of hydrogen-bond donors (Lipinski definition) is 0. The highest BCUT2D eigenvalue weighted by Gasteiger charge is 2.23. The summed E-state index contributed by atoms with van der Waals surface area (Å²) in [7, 11) is -1.96. The number of nitrogens with zero attached hydrogens (tertiary/aromatic N) is 1. The number of halogens is 1. The quantitative estimate of drug-likeness (QED) is 0.858. The SMILES string of the molecule is Cc1ccc(S(=O)(=O)N(C)Cc2ccccc2Cl)c(C)c1. The van der Waals surface area contributed by atoms with Gasteiger partial charge in [-0.05, 0) is 37.1 Å². The van der Waals surface area contributed by atoms with E-state index in [2.05, 4.69) is 0 Å². The molecule has 0 spiro atoms. The van der Waals surface area contributed by atoms with Gasteiger partial charge in [-0.3, -0.25) is 0 Å². The number of benzene rings is 2. The van der Waals surface area contributed by atoms with Crippen LogP contribution in [0.4, 0.5) is 0 Å². The van der Waals surface area contributed by atoms with Crippen LogP contribution in [0.15, 0.2) is 47.4 Å². The van der Waals surface area contributed by atoms with Gasteiger partial charge in [-0.1, -0.05) is 47.5 Å². The molecule has 0 bridgehead atoms. The van der Waals surface area contributed by atoms with Crippen molar-refractivity contribution < 1.29 is 8.42 Å². The molecular formula is C16H18ClNO2S. The Morgan fingerprint density at radius 3 is 2.38 bits per heavy atom. The molecule has 2 aromatic rings. The van der Waals surface area contributed by atoms with Crippen molar-refractivity contribution in [1.29, 1.82) is 0 Å². The first kappa shape index (κ1) is 16.0. The first-order valence-electron chi connectivity index (χ1n) is 6.59. The zero-order chi connectivity index (χ0) is 15.6. The lowest BCUT2D eigenvalue weighted by Crippen LogP contribution is -2.27. The van der Waals surface area contributed by atoms with Crippen molar-refractivity contribution >= 4 is 21.6 Å². The van der Waals surface area contributed by atoms with E-state index < -0.39 is 10.0 Å². The fraction of sp³-hybridized carbons (Fsp3) is 0.250. The zero-order valence-corrected chi connectivity index (χ0v) is 13.9. The van der Waals surface area contributed by atoms with E-state index in [4.69, 9.17) is 11.6 Å². The van der Waals surface area contributed by atoms with Gasteiger partial charge in [0.05, 0.1) is 4.90 Å². The Morgan fingerprint density at radius 2 is 1.76 bits per heavy atom. The van der Waals surface area contributed by atoms with Crippen LogP contribution in [-0.4, -0.2) is 19.8 Å². The van der Waals surface area contributed by atoms with Gasteiger partial charge < -0.3 is 0 Å². The predicted molar refractivity (Wildman–Crippen MR) is 86.0 cm³/mol. The third-order valence-electron chi connectivity index (χ3n) is 3.37. The second-order valence-electron chi connectivity index (χ2n) is 5.12. The van der Waals surface area contributed by atoms with Crippen molar-refractivity contribution in [2.24, 2.45) is 0 Å². The van der Waals surface area contributed by atoms with Crippen LogP contribution in [0.5, 0.6) is 0 Å². The molecule has 0 amide bonds. The molecule has 0 aromatic heterocycles. The van der Waals surface area contributed by atoms with Crippen molar-refractivity contribution in [3.05, 3.63) is 64.2 Å². The average Bonchev–Trinajstić information content (AvgIpc) is 2.40. The molecule has 2 rings (SSSR count). The molecular weight excluding hydrogens is 306 g/mol. The summed E-state index contributed by atoms with van der Waals surface area (Å²) in [6, 6.07) is 12.6. The first-order chi connectivity index (χ1) is 9.82. The number of sulfonamides is 1. The monoisotopic (exact) mass is 323 g/mol. The molecule has 2 aromatic carbocycles. The van der Waals surface area contributed by atoms with Crippen molar-refractivity contribution in [1.82, 2.24) is 4.31 Å². The number of aryl methyl sites for hydroxylation is 2. The topological polar surface area (TPSA) is 37.4 Å². The van der Waals surface area contributed by atoms with Crippen molar-refractivity contribution in [2.45, 2.75) is 25.3 Å². The smallest absolute Gasteiger partial charge is 0.207 e. The first-order valence-corrected chi connectivity index (χ1v) is 8.41. The summed E-state index contributed by atoms with van der Waals surface area (Å²) in [6.07, 6.45) is 0. The maximum Gasteiger partial charge on any atom is 0.243 e. The van der Waals surface area contributed by atoms with Crippen LogP contribution in [0, 0.1) is 13.8 Å². The Bertz CT molecular complexity index is 757. The summed E-state index contributed by atoms with van der Waals surface area (Å²) in [4.78, 5) is 0.336. The number of rotatable bonds is 4. The Morgan fingerprint density at radius 1 is 1.10 bits per heavy atom. The molecule has 0 fully saturated rings.